The minimum Gasteiger partial charge on any atom is -0.314 e. The Morgan fingerprint density at radius 3 is 2.57 bits per heavy atom. The van der Waals surface area contributed by atoms with E-state index in [1.54, 1.807) is 0 Å². The van der Waals surface area contributed by atoms with E-state index in [-0.39, 0.29) is 30.7 Å². The number of benzene rings is 1. The normalized spacial score (nSPS) is 18.2. The third-order valence-corrected chi connectivity index (χ3v) is 3.98. The molecule has 0 bridgehead atoms. The Hall–Kier alpha value is -0.810. The van der Waals surface area contributed by atoms with E-state index in [1.165, 1.54) is 5.56 Å². The zero-order valence-electron chi connectivity index (χ0n) is 12.1. The van der Waals surface area contributed by atoms with Crippen molar-refractivity contribution in [3.8, 4) is 0 Å². The first-order chi connectivity index (χ1) is 9.34. The number of fused-ring (bicyclic) bond motifs is 1. The lowest BCUT2D eigenvalue weighted by Crippen LogP contribution is -2.49. The second-order valence-corrected chi connectivity index (χ2v) is 5.30. The van der Waals surface area contributed by atoms with Gasteiger partial charge < -0.3 is 10.2 Å². The lowest BCUT2D eigenvalue weighted by molar-refractivity contribution is -0.120. The molecule has 0 radical (unpaired) electrons. The predicted molar refractivity (Wildman–Crippen MR) is 90.9 cm³/mol. The molecule has 4 nitrogen and oxygen atoms in total. The number of halogens is 2. The van der Waals surface area contributed by atoms with Gasteiger partial charge in [-0.15, -0.1) is 24.8 Å². The Morgan fingerprint density at radius 2 is 1.81 bits per heavy atom. The Kier molecular flexibility index (Phi) is 7.46. The number of hydrogen-bond acceptors (Lipinski definition) is 3. The number of aryl methyl sites for hydroxylation is 1. The van der Waals surface area contributed by atoms with E-state index in [2.05, 4.69) is 28.4 Å². The first-order valence-corrected chi connectivity index (χ1v) is 7.16. The molecule has 2 aliphatic rings. The van der Waals surface area contributed by atoms with Crippen LogP contribution in [0.5, 0.6) is 0 Å². The molecule has 0 aliphatic carbocycles. The van der Waals surface area contributed by atoms with Gasteiger partial charge in [0.1, 0.15) is 0 Å². The predicted octanol–water partition coefficient (Wildman–Crippen LogP) is 1.71. The smallest absolute Gasteiger partial charge is 0.241 e. The van der Waals surface area contributed by atoms with Gasteiger partial charge in [0.15, 0.2) is 0 Å². The molecule has 0 unspecified atom stereocenters. The van der Waals surface area contributed by atoms with Crippen LogP contribution in [-0.2, 0) is 11.2 Å². The highest BCUT2D eigenvalue weighted by molar-refractivity contribution is 5.95. The van der Waals surface area contributed by atoms with Crippen LogP contribution in [0.15, 0.2) is 24.3 Å². The number of nitrogens with one attached hydrogen (secondary N) is 1. The molecule has 0 aromatic heterocycles. The summed E-state index contributed by atoms with van der Waals surface area (Å²) < 4.78 is 0. The Bertz CT molecular complexity index is 464. The number of hydrogen-bond donors (Lipinski definition) is 1. The minimum absolute atomic E-state index is 0. The van der Waals surface area contributed by atoms with Gasteiger partial charge in [0.2, 0.25) is 5.91 Å². The van der Waals surface area contributed by atoms with Gasteiger partial charge in [-0.3, -0.25) is 9.69 Å². The summed E-state index contributed by atoms with van der Waals surface area (Å²) >= 11 is 0. The van der Waals surface area contributed by atoms with E-state index < -0.39 is 0 Å². The molecular formula is C15H23Cl2N3O. The molecule has 6 heteroatoms. The lowest BCUT2D eigenvalue weighted by atomic mass is 10.0. The number of rotatable bonds is 2. The van der Waals surface area contributed by atoms with Crippen molar-refractivity contribution in [2.24, 2.45) is 0 Å². The Labute approximate surface area is 138 Å². The van der Waals surface area contributed by atoms with Crippen molar-refractivity contribution >= 4 is 36.4 Å². The summed E-state index contributed by atoms with van der Waals surface area (Å²) in [5.41, 5.74) is 2.43. The van der Waals surface area contributed by atoms with Gasteiger partial charge in [-0.1, -0.05) is 18.2 Å². The average molecular weight is 332 g/mol. The topological polar surface area (TPSA) is 35.6 Å². The zero-order chi connectivity index (χ0) is 13.1. The molecule has 21 heavy (non-hydrogen) atoms. The number of anilines is 1. The van der Waals surface area contributed by atoms with Gasteiger partial charge in [0.05, 0.1) is 6.54 Å². The van der Waals surface area contributed by atoms with Crippen molar-refractivity contribution in [1.29, 1.82) is 0 Å². The maximum atomic E-state index is 12.5. The van der Waals surface area contributed by atoms with E-state index in [4.69, 9.17) is 0 Å². The van der Waals surface area contributed by atoms with Gasteiger partial charge in [-0.05, 0) is 24.5 Å². The standard InChI is InChI=1S/C15H21N3O.2ClH/c19-15(12-17-10-7-16-8-11-17)18-9-3-5-13-4-1-2-6-14(13)18;;/h1-2,4,6,16H,3,5,7-12H2;2*1H. The molecule has 0 atom stereocenters. The lowest BCUT2D eigenvalue weighted by Gasteiger charge is -2.33. The van der Waals surface area contributed by atoms with Crippen molar-refractivity contribution in [2.75, 3.05) is 44.2 Å². The van der Waals surface area contributed by atoms with Gasteiger partial charge in [-0.2, -0.15) is 0 Å². The largest absolute Gasteiger partial charge is 0.314 e. The van der Waals surface area contributed by atoms with E-state index in [0.717, 1.165) is 51.3 Å². The SMILES string of the molecule is Cl.Cl.O=C(CN1CCNCC1)N1CCCc2ccccc21. The molecule has 1 fully saturated rings. The Balaban J connectivity index is 0.00000110. The second kappa shape index (κ2) is 8.59. The number of carbonyl (C=O) groups is 1. The van der Waals surface area contributed by atoms with Crippen LogP contribution in [0.3, 0.4) is 0 Å². The molecule has 1 amide bonds. The van der Waals surface area contributed by atoms with Crippen molar-refractivity contribution in [3.05, 3.63) is 29.8 Å². The van der Waals surface area contributed by atoms with E-state index in [1.807, 2.05) is 11.0 Å². The molecule has 2 aliphatic heterocycles. The van der Waals surface area contributed by atoms with Crippen LogP contribution in [0.4, 0.5) is 5.69 Å². The summed E-state index contributed by atoms with van der Waals surface area (Å²) in [6.07, 6.45) is 2.16. The number of para-hydroxylation sites is 1. The molecule has 1 saturated heterocycles. The summed E-state index contributed by atoms with van der Waals surface area (Å²) in [7, 11) is 0. The third-order valence-electron chi connectivity index (χ3n) is 3.98. The van der Waals surface area contributed by atoms with Crippen molar-refractivity contribution in [1.82, 2.24) is 10.2 Å². The summed E-state index contributed by atoms with van der Waals surface area (Å²) in [5, 5.41) is 3.32. The highest BCUT2D eigenvalue weighted by Crippen LogP contribution is 2.26. The quantitative estimate of drug-likeness (QED) is 0.896. The van der Waals surface area contributed by atoms with Gasteiger partial charge in [-0.25, -0.2) is 0 Å². The molecule has 2 heterocycles. The minimum atomic E-state index is 0. The average Bonchev–Trinajstić information content (AvgIpc) is 2.47. The Morgan fingerprint density at radius 1 is 1.10 bits per heavy atom. The molecule has 0 saturated carbocycles. The van der Waals surface area contributed by atoms with Gasteiger partial charge >= 0.3 is 0 Å². The second-order valence-electron chi connectivity index (χ2n) is 5.30. The fourth-order valence-corrected chi connectivity index (χ4v) is 2.94. The highest BCUT2D eigenvalue weighted by Gasteiger charge is 2.24. The maximum Gasteiger partial charge on any atom is 0.241 e. The number of piperazine rings is 1. The summed E-state index contributed by atoms with van der Waals surface area (Å²) in [4.78, 5) is 16.7. The first kappa shape index (κ1) is 18.2. The van der Waals surface area contributed by atoms with Crippen LogP contribution in [0.2, 0.25) is 0 Å². The summed E-state index contributed by atoms with van der Waals surface area (Å²) in [5.74, 6) is 0.244. The van der Waals surface area contributed by atoms with Crippen LogP contribution in [-0.4, -0.2) is 50.1 Å². The van der Waals surface area contributed by atoms with Crippen molar-refractivity contribution < 1.29 is 4.79 Å². The monoisotopic (exact) mass is 331 g/mol. The zero-order valence-corrected chi connectivity index (χ0v) is 13.7. The van der Waals surface area contributed by atoms with Crippen molar-refractivity contribution in [3.63, 3.8) is 0 Å². The fraction of sp³-hybridized carbons (Fsp3) is 0.533. The van der Waals surface area contributed by atoms with Crippen LogP contribution in [0.25, 0.3) is 0 Å². The number of carbonyl (C=O) groups excluding carboxylic acids is 1. The molecule has 1 aromatic rings. The fourth-order valence-electron chi connectivity index (χ4n) is 2.94. The van der Waals surface area contributed by atoms with Crippen LogP contribution in [0, 0.1) is 0 Å². The number of nitrogens with zero attached hydrogens (tertiary/aromatic N) is 2. The molecule has 1 aromatic carbocycles. The first-order valence-electron chi connectivity index (χ1n) is 7.16. The highest BCUT2D eigenvalue weighted by atomic mass is 35.5. The summed E-state index contributed by atoms with van der Waals surface area (Å²) in [6, 6.07) is 8.29. The van der Waals surface area contributed by atoms with E-state index in [9.17, 15) is 4.79 Å². The van der Waals surface area contributed by atoms with E-state index >= 15 is 0 Å². The molecule has 3 rings (SSSR count). The van der Waals surface area contributed by atoms with Crippen LogP contribution >= 0.6 is 24.8 Å². The van der Waals surface area contributed by atoms with E-state index in [0.29, 0.717) is 6.54 Å². The molecular weight excluding hydrogens is 309 g/mol. The van der Waals surface area contributed by atoms with Gasteiger partial charge in [0.25, 0.3) is 0 Å². The third kappa shape index (κ3) is 4.33. The summed E-state index contributed by atoms with van der Waals surface area (Å²) in [6.45, 7) is 5.34. The molecule has 0 spiro atoms. The van der Waals surface area contributed by atoms with Crippen LogP contribution in [0.1, 0.15) is 12.0 Å². The van der Waals surface area contributed by atoms with Gasteiger partial charge in [0, 0.05) is 38.4 Å². The van der Waals surface area contributed by atoms with Crippen molar-refractivity contribution in [2.45, 2.75) is 12.8 Å². The molecule has 118 valence electrons. The number of amides is 1. The maximum absolute atomic E-state index is 12.5. The molecule has 1 N–H and O–H groups in total. The van der Waals surface area contributed by atoms with Crippen LogP contribution < -0.4 is 10.2 Å².